The molecular weight excluding hydrogens is 252 g/mol. The van der Waals surface area contributed by atoms with Crippen molar-refractivity contribution >= 4 is 5.91 Å². The van der Waals surface area contributed by atoms with Gasteiger partial charge in [0.2, 0.25) is 5.91 Å². The Labute approximate surface area is 119 Å². The van der Waals surface area contributed by atoms with Crippen molar-refractivity contribution in [2.24, 2.45) is 5.92 Å². The average Bonchev–Trinajstić information content (AvgIpc) is 3.06. The van der Waals surface area contributed by atoms with Crippen LogP contribution in [0.2, 0.25) is 0 Å². The van der Waals surface area contributed by atoms with Gasteiger partial charge >= 0.3 is 0 Å². The molecule has 1 unspecified atom stereocenters. The van der Waals surface area contributed by atoms with Crippen molar-refractivity contribution in [2.75, 3.05) is 6.54 Å². The van der Waals surface area contributed by atoms with Gasteiger partial charge in [-0.05, 0) is 18.8 Å². The maximum absolute atomic E-state index is 12.3. The summed E-state index contributed by atoms with van der Waals surface area (Å²) in [5, 5.41) is 8.51. The van der Waals surface area contributed by atoms with E-state index in [1.807, 2.05) is 4.90 Å². The Hall–Kier alpha value is -1.65. The molecule has 1 aromatic rings. The molecule has 0 aromatic carbocycles. The Balaban J connectivity index is 1.66. The molecule has 5 nitrogen and oxygen atoms in total. The van der Waals surface area contributed by atoms with Crippen LogP contribution in [0, 0.1) is 5.92 Å². The van der Waals surface area contributed by atoms with E-state index in [1.165, 1.54) is 0 Å². The summed E-state index contributed by atoms with van der Waals surface area (Å²) in [6.07, 6.45) is 7.24. The fraction of sp³-hybridized carbons (Fsp3) is 0.667. The minimum absolute atomic E-state index is 0.252. The van der Waals surface area contributed by atoms with Gasteiger partial charge in [0.1, 0.15) is 5.82 Å². The zero-order chi connectivity index (χ0) is 14.1. The summed E-state index contributed by atoms with van der Waals surface area (Å²) >= 11 is 0. The molecule has 1 aliphatic heterocycles. The smallest absolute Gasteiger partial charge is 0.223 e. The summed E-state index contributed by atoms with van der Waals surface area (Å²) in [5.74, 6) is 3.03. The molecule has 2 heterocycles. The lowest BCUT2D eigenvalue weighted by atomic mass is 10.0. The van der Waals surface area contributed by atoms with Gasteiger partial charge in [-0.1, -0.05) is 26.0 Å². The molecule has 1 aliphatic carbocycles. The average molecular weight is 274 g/mol. The summed E-state index contributed by atoms with van der Waals surface area (Å²) in [6, 6.07) is 0. The normalized spacial score (nSPS) is 21.6. The number of carbonyl (C=O) groups is 1. The van der Waals surface area contributed by atoms with Crippen LogP contribution in [0.5, 0.6) is 0 Å². The topological polar surface area (TPSA) is 51.0 Å². The van der Waals surface area contributed by atoms with Crippen LogP contribution in [-0.4, -0.2) is 32.1 Å². The first-order valence-corrected chi connectivity index (χ1v) is 7.51. The van der Waals surface area contributed by atoms with Crippen molar-refractivity contribution in [3.05, 3.63) is 23.8 Å². The fourth-order valence-corrected chi connectivity index (χ4v) is 3.04. The van der Waals surface area contributed by atoms with Crippen molar-refractivity contribution in [3.8, 4) is 0 Å². The van der Waals surface area contributed by atoms with Crippen molar-refractivity contribution < 1.29 is 4.79 Å². The summed E-state index contributed by atoms with van der Waals surface area (Å²) in [4.78, 5) is 14.3. The monoisotopic (exact) mass is 274 g/mol. The molecule has 1 amide bonds. The van der Waals surface area contributed by atoms with Crippen molar-refractivity contribution in [2.45, 2.75) is 52.1 Å². The molecule has 20 heavy (non-hydrogen) atoms. The molecule has 0 fully saturated rings. The van der Waals surface area contributed by atoms with Gasteiger partial charge in [0, 0.05) is 25.4 Å². The predicted octanol–water partition coefficient (Wildman–Crippen LogP) is 2.10. The van der Waals surface area contributed by atoms with E-state index in [0.29, 0.717) is 24.8 Å². The van der Waals surface area contributed by atoms with Crippen LogP contribution in [0.4, 0.5) is 0 Å². The second-order valence-corrected chi connectivity index (χ2v) is 6.07. The maximum atomic E-state index is 12.3. The SMILES string of the molecule is CC(C)c1nnc2n1CCN(C(=O)CC1C=CCC1)C2. The highest BCUT2D eigenvalue weighted by Crippen LogP contribution is 2.23. The van der Waals surface area contributed by atoms with E-state index < -0.39 is 0 Å². The zero-order valence-corrected chi connectivity index (χ0v) is 12.2. The van der Waals surface area contributed by atoms with Crippen molar-refractivity contribution in [1.82, 2.24) is 19.7 Å². The van der Waals surface area contributed by atoms with E-state index in [9.17, 15) is 4.79 Å². The molecule has 0 radical (unpaired) electrons. The molecule has 0 spiro atoms. The van der Waals surface area contributed by atoms with Gasteiger partial charge in [0.05, 0.1) is 6.54 Å². The first kappa shape index (κ1) is 13.3. The van der Waals surface area contributed by atoms with Gasteiger partial charge < -0.3 is 9.47 Å². The largest absolute Gasteiger partial charge is 0.333 e. The molecular formula is C15H22N4O. The number of fused-ring (bicyclic) bond motifs is 1. The lowest BCUT2D eigenvalue weighted by molar-refractivity contribution is -0.133. The van der Waals surface area contributed by atoms with E-state index in [1.54, 1.807) is 0 Å². The van der Waals surface area contributed by atoms with E-state index in [0.717, 1.165) is 37.6 Å². The standard InChI is InChI=1S/C15H22N4O/c1-11(2)15-17-16-13-10-18(7-8-19(13)15)14(20)9-12-5-3-4-6-12/h3,5,11-12H,4,6-10H2,1-2H3. The number of aromatic nitrogens is 3. The second kappa shape index (κ2) is 5.38. The molecule has 1 aromatic heterocycles. The highest BCUT2D eigenvalue weighted by molar-refractivity contribution is 5.76. The molecule has 0 bridgehead atoms. The minimum atomic E-state index is 0.252. The summed E-state index contributed by atoms with van der Waals surface area (Å²) in [6.45, 7) is 6.46. The first-order chi connectivity index (χ1) is 9.65. The van der Waals surface area contributed by atoms with Gasteiger partial charge in [-0.3, -0.25) is 4.79 Å². The highest BCUT2D eigenvalue weighted by Gasteiger charge is 2.26. The molecule has 108 valence electrons. The van der Waals surface area contributed by atoms with Gasteiger partial charge in [-0.2, -0.15) is 0 Å². The summed E-state index contributed by atoms with van der Waals surface area (Å²) in [7, 11) is 0. The Morgan fingerprint density at radius 1 is 1.40 bits per heavy atom. The van der Waals surface area contributed by atoms with Crippen LogP contribution in [0.3, 0.4) is 0 Å². The third-order valence-electron chi connectivity index (χ3n) is 4.20. The number of allylic oxidation sites excluding steroid dienone is 2. The number of carbonyl (C=O) groups excluding carboxylic acids is 1. The van der Waals surface area contributed by atoms with Gasteiger partial charge in [-0.25, -0.2) is 0 Å². The Morgan fingerprint density at radius 2 is 2.25 bits per heavy atom. The summed E-state index contributed by atoms with van der Waals surface area (Å²) in [5.41, 5.74) is 0. The lowest BCUT2D eigenvalue weighted by Crippen LogP contribution is -2.39. The third-order valence-corrected chi connectivity index (χ3v) is 4.20. The molecule has 3 rings (SSSR count). The number of rotatable bonds is 3. The van der Waals surface area contributed by atoms with E-state index in [4.69, 9.17) is 0 Å². The minimum Gasteiger partial charge on any atom is -0.333 e. The van der Waals surface area contributed by atoms with Gasteiger partial charge in [-0.15, -0.1) is 10.2 Å². The quantitative estimate of drug-likeness (QED) is 0.793. The Morgan fingerprint density at radius 3 is 2.95 bits per heavy atom. The van der Waals surface area contributed by atoms with Crippen LogP contribution in [0.1, 0.15) is 50.7 Å². The van der Waals surface area contributed by atoms with Crippen LogP contribution in [0.25, 0.3) is 0 Å². The highest BCUT2D eigenvalue weighted by atomic mass is 16.2. The molecule has 0 N–H and O–H groups in total. The van der Waals surface area contributed by atoms with Crippen LogP contribution in [0.15, 0.2) is 12.2 Å². The lowest BCUT2D eigenvalue weighted by Gasteiger charge is -2.29. The van der Waals surface area contributed by atoms with Crippen LogP contribution >= 0.6 is 0 Å². The maximum Gasteiger partial charge on any atom is 0.223 e. The number of amides is 1. The molecule has 0 saturated carbocycles. The van der Waals surface area contributed by atoms with Gasteiger partial charge in [0.15, 0.2) is 5.82 Å². The molecule has 2 aliphatic rings. The Kier molecular flexibility index (Phi) is 3.59. The third kappa shape index (κ3) is 2.49. The first-order valence-electron chi connectivity index (χ1n) is 7.51. The second-order valence-electron chi connectivity index (χ2n) is 6.07. The molecule has 1 atom stereocenters. The predicted molar refractivity (Wildman–Crippen MR) is 76.0 cm³/mol. The number of nitrogens with zero attached hydrogens (tertiary/aromatic N) is 4. The fourth-order valence-electron chi connectivity index (χ4n) is 3.04. The van der Waals surface area contributed by atoms with Crippen LogP contribution < -0.4 is 0 Å². The summed E-state index contributed by atoms with van der Waals surface area (Å²) < 4.78 is 2.17. The number of hydrogen-bond acceptors (Lipinski definition) is 3. The van der Waals surface area contributed by atoms with Crippen LogP contribution in [-0.2, 0) is 17.9 Å². The van der Waals surface area contributed by atoms with Crippen molar-refractivity contribution in [1.29, 1.82) is 0 Å². The van der Waals surface area contributed by atoms with E-state index in [-0.39, 0.29) is 5.91 Å². The number of hydrogen-bond donors (Lipinski definition) is 0. The molecule has 0 saturated heterocycles. The zero-order valence-electron chi connectivity index (χ0n) is 12.2. The van der Waals surface area contributed by atoms with Crippen molar-refractivity contribution in [3.63, 3.8) is 0 Å². The van der Waals surface area contributed by atoms with E-state index in [2.05, 4.69) is 40.8 Å². The van der Waals surface area contributed by atoms with Gasteiger partial charge in [0.25, 0.3) is 0 Å². The van der Waals surface area contributed by atoms with E-state index >= 15 is 0 Å². The molecule has 5 heteroatoms. The Bertz CT molecular complexity index is 532.